The summed E-state index contributed by atoms with van der Waals surface area (Å²) in [7, 11) is 3.57. The first-order valence-electron chi connectivity index (χ1n) is 14.6. The average molecular weight is 558 g/mol. The van der Waals surface area contributed by atoms with Crippen LogP contribution >= 0.6 is 0 Å². The lowest BCUT2D eigenvalue weighted by atomic mass is 9.73. The average Bonchev–Trinajstić information content (AvgIpc) is 2.93. The molecule has 1 fully saturated rings. The molecular weight excluding hydrogens is 509 g/mol. The molecule has 2 aromatic rings. The highest BCUT2D eigenvalue weighted by atomic mass is 19.1. The number of nitrogens with zero attached hydrogens (tertiary/aromatic N) is 1. The number of rotatable bonds is 14. The Morgan fingerprint density at radius 1 is 1.20 bits per heavy atom. The quantitative estimate of drug-likeness (QED) is 0.249. The second-order valence-electron chi connectivity index (χ2n) is 11.5. The highest BCUT2D eigenvalue weighted by molar-refractivity contribution is 5.74. The maximum Gasteiger partial charge on any atom is 0.317 e. The molecule has 0 saturated carbocycles. The van der Waals surface area contributed by atoms with Gasteiger partial charge in [-0.2, -0.15) is 0 Å². The molecule has 0 aliphatic carbocycles. The van der Waals surface area contributed by atoms with Crippen LogP contribution in [-0.2, 0) is 10.3 Å². The summed E-state index contributed by atoms with van der Waals surface area (Å²) in [5, 5.41) is 18.9. The van der Waals surface area contributed by atoms with E-state index in [4.69, 9.17) is 9.47 Å². The lowest BCUT2D eigenvalue weighted by Crippen LogP contribution is -2.54. The van der Waals surface area contributed by atoms with Crippen molar-refractivity contribution < 1.29 is 23.8 Å². The summed E-state index contributed by atoms with van der Waals surface area (Å²) in [5.74, 6) is 0.803. The maximum atomic E-state index is 14.1. The van der Waals surface area contributed by atoms with Crippen LogP contribution in [0.4, 0.5) is 9.18 Å². The first-order chi connectivity index (χ1) is 19.2. The molecule has 1 saturated heterocycles. The number of amides is 2. The van der Waals surface area contributed by atoms with E-state index >= 15 is 0 Å². The molecule has 3 N–H and O–H groups in total. The Morgan fingerprint density at radius 2 is 1.98 bits per heavy atom. The zero-order valence-corrected chi connectivity index (χ0v) is 24.8. The molecule has 7 nitrogen and oxygen atoms in total. The molecule has 1 aliphatic rings. The van der Waals surface area contributed by atoms with Crippen LogP contribution in [-0.4, -0.2) is 62.5 Å². The number of ether oxygens (including phenoxy) is 2. The van der Waals surface area contributed by atoms with Gasteiger partial charge in [-0.3, -0.25) is 0 Å². The van der Waals surface area contributed by atoms with Crippen molar-refractivity contribution in [1.82, 2.24) is 15.5 Å². The summed E-state index contributed by atoms with van der Waals surface area (Å²) < 4.78 is 25.6. The van der Waals surface area contributed by atoms with Crippen molar-refractivity contribution in [1.29, 1.82) is 0 Å². The van der Waals surface area contributed by atoms with Crippen LogP contribution in [0, 0.1) is 24.6 Å². The van der Waals surface area contributed by atoms with E-state index in [1.165, 1.54) is 12.1 Å². The molecule has 3 unspecified atom stereocenters. The number of aryl methyl sites for hydroxylation is 1. The maximum absolute atomic E-state index is 14.1. The summed E-state index contributed by atoms with van der Waals surface area (Å²) in [6, 6.07) is 11.9. The van der Waals surface area contributed by atoms with Gasteiger partial charge < -0.3 is 30.1 Å². The Hall–Kier alpha value is -2.68. The number of hydrogen-bond donors (Lipinski definition) is 3. The number of unbranched alkanes of at least 4 members (excludes halogenated alkanes) is 1. The van der Waals surface area contributed by atoms with Gasteiger partial charge >= 0.3 is 6.03 Å². The molecule has 0 bridgehead atoms. The molecule has 0 radical (unpaired) electrons. The van der Waals surface area contributed by atoms with Gasteiger partial charge in [0.1, 0.15) is 17.3 Å². The predicted molar refractivity (Wildman–Crippen MR) is 157 cm³/mol. The van der Waals surface area contributed by atoms with Crippen molar-refractivity contribution in [2.45, 2.75) is 70.9 Å². The van der Waals surface area contributed by atoms with Crippen molar-refractivity contribution >= 4 is 6.03 Å². The second-order valence-corrected chi connectivity index (χ2v) is 11.5. The van der Waals surface area contributed by atoms with E-state index in [0.717, 1.165) is 37.7 Å². The highest BCUT2D eigenvalue weighted by Crippen LogP contribution is 2.44. The monoisotopic (exact) mass is 557 g/mol. The molecule has 222 valence electrons. The molecule has 3 rings (SSSR count). The Bertz CT molecular complexity index is 1080. The lowest BCUT2D eigenvalue weighted by molar-refractivity contribution is -0.0575. The molecule has 0 spiro atoms. The Labute approximate surface area is 239 Å². The summed E-state index contributed by atoms with van der Waals surface area (Å²) in [4.78, 5) is 15.2. The SMILES string of the molecule is CNCC(CC(C)C)NC(=O)N1CCCC(C(O)(CCCCOC)c2ccccc2Oc2cc(F)ccc2C)C1. The number of aliphatic hydroxyl groups is 1. The number of benzene rings is 2. The number of methoxy groups -OCH3 is 1. The molecule has 3 atom stereocenters. The van der Waals surface area contributed by atoms with E-state index in [2.05, 4.69) is 24.5 Å². The van der Waals surface area contributed by atoms with Crippen LogP contribution in [0.2, 0.25) is 0 Å². The molecule has 40 heavy (non-hydrogen) atoms. The number of likely N-dealkylation sites (tertiary alicyclic amines) is 1. The third-order valence-electron chi connectivity index (χ3n) is 7.80. The molecular formula is C32H48FN3O4. The highest BCUT2D eigenvalue weighted by Gasteiger charge is 2.43. The van der Waals surface area contributed by atoms with Crippen LogP contribution in [0.5, 0.6) is 11.5 Å². The van der Waals surface area contributed by atoms with Gasteiger partial charge in [0, 0.05) is 56.9 Å². The molecule has 2 aromatic carbocycles. The third kappa shape index (κ3) is 8.66. The lowest BCUT2D eigenvalue weighted by Gasteiger charge is -2.43. The number of halogens is 1. The van der Waals surface area contributed by atoms with Gasteiger partial charge in [-0.25, -0.2) is 9.18 Å². The number of carbonyl (C=O) groups is 1. The largest absolute Gasteiger partial charge is 0.457 e. The summed E-state index contributed by atoms with van der Waals surface area (Å²) in [6.07, 6.45) is 4.52. The Kier molecular flexibility index (Phi) is 12.2. The van der Waals surface area contributed by atoms with E-state index in [1.54, 1.807) is 13.2 Å². The molecule has 2 amide bonds. The van der Waals surface area contributed by atoms with Crippen molar-refractivity contribution in [2.75, 3.05) is 40.4 Å². The summed E-state index contributed by atoms with van der Waals surface area (Å²) >= 11 is 0. The van der Waals surface area contributed by atoms with Crippen LogP contribution in [0.1, 0.15) is 63.5 Å². The topological polar surface area (TPSA) is 83.1 Å². The van der Waals surface area contributed by atoms with E-state index in [9.17, 15) is 14.3 Å². The van der Waals surface area contributed by atoms with Crippen LogP contribution < -0.4 is 15.4 Å². The van der Waals surface area contributed by atoms with E-state index in [0.29, 0.717) is 55.6 Å². The number of carbonyl (C=O) groups excluding carboxylic acids is 1. The van der Waals surface area contributed by atoms with Gasteiger partial charge in [0.25, 0.3) is 0 Å². The molecule has 0 aromatic heterocycles. The van der Waals surface area contributed by atoms with E-state index in [1.807, 2.05) is 43.1 Å². The summed E-state index contributed by atoms with van der Waals surface area (Å²) in [6.45, 7) is 8.57. The molecule has 1 heterocycles. The first-order valence-corrected chi connectivity index (χ1v) is 14.6. The van der Waals surface area contributed by atoms with Crippen molar-refractivity contribution in [3.8, 4) is 11.5 Å². The number of para-hydroxylation sites is 1. The van der Waals surface area contributed by atoms with Crippen LogP contribution in [0.3, 0.4) is 0 Å². The van der Waals surface area contributed by atoms with Gasteiger partial charge in [0.2, 0.25) is 0 Å². The van der Waals surface area contributed by atoms with Gasteiger partial charge in [0.15, 0.2) is 0 Å². The number of likely N-dealkylation sites (N-methyl/N-ethyl adjacent to an activating group) is 1. The minimum Gasteiger partial charge on any atom is -0.457 e. The first kappa shape index (κ1) is 31.8. The van der Waals surface area contributed by atoms with Gasteiger partial charge in [-0.15, -0.1) is 0 Å². The zero-order chi connectivity index (χ0) is 29.1. The van der Waals surface area contributed by atoms with Crippen molar-refractivity contribution in [3.63, 3.8) is 0 Å². The van der Waals surface area contributed by atoms with Gasteiger partial charge in [-0.1, -0.05) is 38.1 Å². The van der Waals surface area contributed by atoms with Gasteiger partial charge in [0.05, 0.1) is 5.60 Å². The van der Waals surface area contributed by atoms with E-state index < -0.39 is 5.60 Å². The van der Waals surface area contributed by atoms with Crippen LogP contribution in [0.25, 0.3) is 0 Å². The van der Waals surface area contributed by atoms with Crippen LogP contribution in [0.15, 0.2) is 42.5 Å². The Balaban J connectivity index is 1.89. The molecule has 8 heteroatoms. The zero-order valence-electron chi connectivity index (χ0n) is 24.8. The van der Waals surface area contributed by atoms with Gasteiger partial charge in [-0.05, 0) is 76.1 Å². The minimum atomic E-state index is -1.24. The fraction of sp³-hybridized carbons (Fsp3) is 0.594. The standard InChI is InChI=1S/C32H48FN3O4/c1-23(2)19-27(21-34-4)35-31(37)36-17-10-11-25(22-36)32(38,16-8-9-18-39-5)28-12-6-7-13-29(28)40-30-20-26(33)15-14-24(30)3/h6-7,12-15,20,23,25,27,34,38H,8-11,16-19,21-22H2,1-5H3,(H,35,37). The van der Waals surface area contributed by atoms with E-state index in [-0.39, 0.29) is 23.8 Å². The third-order valence-corrected chi connectivity index (χ3v) is 7.80. The number of nitrogens with one attached hydrogen (secondary N) is 2. The fourth-order valence-corrected chi connectivity index (χ4v) is 5.74. The number of piperidine rings is 1. The van der Waals surface area contributed by atoms with Crippen molar-refractivity contribution in [2.24, 2.45) is 11.8 Å². The minimum absolute atomic E-state index is 0.0365. The fourth-order valence-electron chi connectivity index (χ4n) is 5.74. The van der Waals surface area contributed by atoms with Crippen molar-refractivity contribution in [3.05, 3.63) is 59.4 Å². The number of urea groups is 1. The Morgan fingerprint density at radius 3 is 2.70 bits per heavy atom. The smallest absolute Gasteiger partial charge is 0.317 e. The number of hydrogen-bond acceptors (Lipinski definition) is 5. The summed E-state index contributed by atoms with van der Waals surface area (Å²) in [5.41, 5.74) is 0.224. The second kappa shape index (κ2) is 15.4. The predicted octanol–water partition coefficient (Wildman–Crippen LogP) is 5.99. The molecule has 1 aliphatic heterocycles. The normalized spacial score (nSPS) is 17.9.